The minimum Gasteiger partial charge on any atom is -0.368 e. The van der Waals surface area contributed by atoms with E-state index in [4.69, 9.17) is 11.6 Å². The van der Waals surface area contributed by atoms with E-state index in [9.17, 15) is 8.42 Å². The fourth-order valence-corrected chi connectivity index (χ4v) is 7.59. The molecule has 4 aromatic rings. The Morgan fingerprint density at radius 2 is 1.82 bits per heavy atom. The molecule has 0 saturated carbocycles. The number of pyridine rings is 1. The van der Waals surface area contributed by atoms with Gasteiger partial charge in [0.25, 0.3) is 10.0 Å². The molecule has 1 fully saturated rings. The molecule has 34 heavy (non-hydrogen) atoms. The van der Waals surface area contributed by atoms with Crippen molar-refractivity contribution in [2.45, 2.75) is 37.1 Å². The van der Waals surface area contributed by atoms with Crippen molar-refractivity contribution in [2.24, 2.45) is 0 Å². The maximum absolute atomic E-state index is 13.3. The SMILES string of the molecule is Cc1c(S(=O)(=O)Nc2ccc3nccc(N4C[C@@H](C)N[C@@H](C)C4)c3c2)sc2ccc(Cl)cc12.Cl. The first-order valence-electron chi connectivity index (χ1n) is 10.8. The number of piperazine rings is 1. The Hall–Kier alpha value is -2.10. The summed E-state index contributed by atoms with van der Waals surface area (Å²) in [5.41, 5.74) is 3.12. The molecule has 0 spiro atoms. The monoisotopic (exact) mass is 536 g/mol. The van der Waals surface area contributed by atoms with E-state index in [-0.39, 0.29) is 12.4 Å². The number of hydrogen-bond donors (Lipinski definition) is 2. The summed E-state index contributed by atoms with van der Waals surface area (Å²) < 4.78 is 30.6. The van der Waals surface area contributed by atoms with Crippen molar-refractivity contribution in [2.75, 3.05) is 22.7 Å². The molecule has 0 unspecified atom stereocenters. The third-order valence-corrected chi connectivity index (χ3v) is 9.48. The Bertz CT molecular complexity index is 1460. The van der Waals surface area contributed by atoms with Gasteiger partial charge >= 0.3 is 0 Å². The van der Waals surface area contributed by atoms with Gasteiger partial charge in [0, 0.05) is 57.9 Å². The smallest absolute Gasteiger partial charge is 0.271 e. The van der Waals surface area contributed by atoms with E-state index >= 15 is 0 Å². The Morgan fingerprint density at radius 1 is 1.09 bits per heavy atom. The van der Waals surface area contributed by atoms with Gasteiger partial charge in [-0.2, -0.15) is 0 Å². The molecule has 0 radical (unpaired) electrons. The highest BCUT2D eigenvalue weighted by Crippen LogP contribution is 2.37. The molecule has 6 nitrogen and oxygen atoms in total. The number of halogens is 2. The van der Waals surface area contributed by atoms with Gasteiger partial charge in [0.15, 0.2) is 0 Å². The van der Waals surface area contributed by atoms with Crippen molar-refractivity contribution in [3.63, 3.8) is 0 Å². The van der Waals surface area contributed by atoms with E-state index in [2.05, 4.69) is 33.8 Å². The van der Waals surface area contributed by atoms with Crippen LogP contribution >= 0.6 is 35.3 Å². The topological polar surface area (TPSA) is 74.3 Å². The molecule has 2 aromatic heterocycles. The van der Waals surface area contributed by atoms with Gasteiger partial charge in [-0.25, -0.2) is 8.42 Å². The minimum absolute atomic E-state index is 0. The zero-order valence-electron chi connectivity index (χ0n) is 19.0. The van der Waals surface area contributed by atoms with Crippen LogP contribution < -0.4 is 14.9 Å². The third kappa shape index (κ3) is 4.70. The number of sulfonamides is 1. The summed E-state index contributed by atoms with van der Waals surface area (Å²) in [4.78, 5) is 6.83. The second-order valence-corrected chi connectivity index (χ2v) is 12.1. The molecule has 2 aromatic carbocycles. The molecule has 2 atom stereocenters. The Balaban J connectivity index is 0.00000274. The number of nitrogens with one attached hydrogen (secondary N) is 2. The van der Waals surface area contributed by atoms with Crippen molar-refractivity contribution in [3.8, 4) is 0 Å². The average Bonchev–Trinajstić information content (AvgIpc) is 3.09. The van der Waals surface area contributed by atoms with Gasteiger partial charge in [-0.15, -0.1) is 23.7 Å². The van der Waals surface area contributed by atoms with Gasteiger partial charge < -0.3 is 10.2 Å². The summed E-state index contributed by atoms with van der Waals surface area (Å²) in [6, 6.07) is 13.7. The molecule has 1 aliphatic heterocycles. The maximum Gasteiger partial charge on any atom is 0.271 e. The Labute approximate surface area is 214 Å². The van der Waals surface area contributed by atoms with Gasteiger partial charge in [-0.1, -0.05) is 11.6 Å². The molecular weight excluding hydrogens is 511 g/mol. The first kappa shape index (κ1) is 25.0. The zero-order chi connectivity index (χ0) is 23.3. The fraction of sp³-hybridized carbons (Fsp3) is 0.292. The highest BCUT2D eigenvalue weighted by molar-refractivity contribution is 7.94. The third-order valence-electron chi connectivity index (χ3n) is 5.97. The van der Waals surface area contributed by atoms with Crippen LogP contribution in [-0.2, 0) is 10.0 Å². The number of nitrogens with zero attached hydrogens (tertiary/aromatic N) is 2. The lowest BCUT2D eigenvalue weighted by molar-refractivity contribution is 0.407. The van der Waals surface area contributed by atoms with Crippen molar-refractivity contribution in [1.82, 2.24) is 10.3 Å². The number of rotatable bonds is 4. The maximum atomic E-state index is 13.3. The van der Waals surface area contributed by atoms with Crippen molar-refractivity contribution in [3.05, 3.63) is 59.2 Å². The van der Waals surface area contributed by atoms with Crippen LogP contribution in [0.15, 0.2) is 52.9 Å². The van der Waals surface area contributed by atoms with E-state index in [1.54, 1.807) is 12.1 Å². The van der Waals surface area contributed by atoms with Crippen LogP contribution in [0.1, 0.15) is 19.4 Å². The Kier molecular flexibility index (Phi) is 6.99. The summed E-state index contributed by atoms with van der Waals surface area (Å²) in [6.07, 6.45) is 1.81. The second kappa shape index (κ2) is 9.51. The lowest BCUT2D eigenvalue weighted by Crippen LogP contribution is -2.54. The molecular formula is C24H26Cl2N4O2S2. The molecule has 0 aliphatic carbocycles. The summed E-state index contributed by atoms with van der Waals surface area (Å²) in [7, 11) is -3.76. The van der Waals surface area contributed by atoms with Gasteiger partial charge in [0.05, 0.1) is 5.52 Å². The molecule has 1 saturated heterocycles. The molecule has 3 heterocycles. The second-order valence-electron chi connectivity index (χ2n) is 8.70. The molecule has 0 bridgehead atoms. The largest absolute Gasteiger partial charge is 0.368 e. The van der Waals surface area contributed by atoms with E-state index in [1.807, 2.05) is 43.5 Å². The molecule has 2 N–H and O–H groups in total. The van der Waals surface area contributed by atoms with Crippen LogP contribution in [0, 0.1) is 6.92 Å². The van der Waals surface area contributed by atoms with Crippen molar-refractivity contribution >= 4 is 77.7 Å². The van der Waals surface area contributed by atoms with Crippen LogP contribution in [0.5, 0.6) is 0 Å². The number of benzene rings is 2. The van der Waals surface area contributed by atoms with E-state index in [0.717, 1.165) is 39.8 Å². The van der Waals surface area contributed by atoms with Crippen LogP contribution in [0.4, 0.5) is 11.4 Å². The summed E-state index contributed by atoms with van der Waals surface area (Å²) in [5.74, 6) is 0. The number of hydrogen-bond acceptors (Lipinski definition) is 6. The van der Waals surface area contributed by atoms with Crippen LogP contribution in [0.25, 0.3) is 21.0 Å². The van der Waals surface area contributed by atoms with E-state index in [0.29, 0.717) is 32.6 Å². The number of fused-ring (bicyclic) bond motifs is 2. The lowest BCUT2D eigenvalue weighted by Gasteiger charge is -2.38. The summed E-state index contributed by atoms with van der Waals surface area (Å²) >= 11 is 7.37. The van der Waals surface area contributed by atoms with Crippen molar-refractivity contribution < 1.29 is 8.42 Å². The normalized spacial score (nSPS) is 18.8. The average molecular weight is 538 g/mol. The number of thiophene rings is 1. The zero-order valence-corrected chi connectivity index (χ0v) is 22.2. The molecule has 0 amide bonds. The molecule has 10 heteroatoms. The number of anilines is 2. The fourth-order valence-electron chi connectivity index (χ4n) is 4.62. The quantitative estimate of drug-likeness (QED) is 0.343. The first-order chi connectivity index (χ1) is 15.7. The predicted molar refractivity (Wildman–Crippen MR) is 146 cm³/mol. The van der Waals surface area contributed by atoms with Gasteiger partial charge in [0.1, 0.15) is 4.21 Å². The standard InChI is InChI=1S/C24H25ClN4O2S2.ClH/c1-14-12-29(13-15(2)27-14)22-8-9-26-21-6-5-18(11-20(21)22)28-33(30,31)24-16(3)19-10-17(25)4-7-23(19)32-24;/h4-11,14-15,27-28H,12-13H2,1-3H3;1H/t14-,15+;. The van der Waals surface area contributed by atoms with E-state index in [1.165, 1.54) is 11.3 Å². The molecule has 5 rings (SSSR count). The highest BCUT2D eigenvalue weighted by atomic mass is 35.5. The number of aryl methyl sites for hydroxylation is 1. The summed E-state index contributed by atoms with van der Waals surface area (Å²) in [6.45, 7) is 7.92. The van der Waals surface area contributed by atoms with E-state index < -0.39 is 10.0 Å². The van der Waals surface area contributed by atoms with Gasteiger partial charge in [-0.05, 0) is 74.2 Å². The van der Waals surface area contributed by atoms with Crippen LogP contribution in [-0.4, -0.2) is 38.6 Å². The first-order valence-corrected chi connectivity index (χ1v) is 13.5. The predicted octanol–water partition coefficient (Wildman–Crippen LogP) is 5.82. The summed E-state index contributed by atoms with van der Waals surface area (Å²) in [5, 5.41) is 5.93. The van der Waals surface area contributed by atoms with Crippen molar-refractivity contribution in [1.29, 1.82) is 0 Å². The van der Waals surface area contributed by atoms with Gasteiger partial charge in [-0.3, -0.25) is 9.71 Å². The minimum atomic E-state index is -3.76. The van der Waals surface area contributed by atoms with Crippen LogP contribution in [0.3, 0.4) is 0 Å². The molecule has 1 aliphatic rings. The molecule has 180 valence electrons. The van der Waals surface area contributed by atoms with Crippen LogP contribution in [0.2, 0.25) is 5.02 Å². The highest BCUT2D eigenvalue weighted by Gasteiger charge is 2.24. The lowest BCUT2D eigenvalue weighted by atomic mass is 10.1. The number of aromatic nitrogens is 1. The van der Waals surface area contributed by atoms with Gasteiger partial charge in [0.2, 0.25) is 0 Å². The Morgan fingerprint density at radius 3 is 2.56 bits per heavy atom.